The van der Waals surface area contributed by atoms with Crippen molar-refractivity contribution in [2.75, 3.05) is 6.54 Å². The standard InChI is InChI=1S/C18H24N2O/c1-5-7-19-15(4)16-6-8-20-18(12-16)21-17-10-13(2)9-14(3)11-17/h6,8-12,15,19H,5,7H2,1-4H3. The Bertz CT molecular complexity index is 575. The Morgan fingerprint density at radius 1 is 1.14 bits per heavy atom. The van der Waals surface area contributed by atoms with Crippen LogP contribution in [0.4, 0.5) is 0 Å². The molecule has 1 atom stereocenters. The minimum absolute atomic E-state index is 0.301. The molecule has 0 spiro atoms. The molecule has 3 heteroatoms. The third-order valence-corrected chi connectivity index (χ3v) is 3.38. The number of nitrogens with one attached hydrogen (secondary N) is 1. The van der Waals surface area contributed by atoms with Gasteiger partial charge in [0.1, 0.15) is 5.75 Å². The number of ether oxygens (including phenoxy) is 1. The highest BCUT2D eigenvalue weighted by Crippen LogP contribution is 2.24. The topological polar surface area (TPSA) is 34.2 Å². The summed E-state index contributed by atoms with van der Waals surface area (Å²) in [4.78, 5) is 4.31. The van der Waals surface area contributed by atoms with Gasteiger partial charge in [0, 0.05) is 18.3 Å². The lowest BCUT2D eigenvalue weighted by Gasteiger charge is -2.14. The highest BCUT2D eigenvalue weighted by Gasteiger charge is 2.07. The molecule has 2 rings (SSSR count). The van der Waals surface area contributed by atoms with Gasteiger partial charge in [-0.1, -0.05) is 13.0 Å². The second kappa shape index (κ2) is 7.23. The molecular formula is C18H24N2O. The molecule has 0 amide bonds. The van der Waals surface area contributed by atoms with Gasteiger partial charge in [-0.3, -0.25) is 0 Å². The normalized spacial score (nSPS) is 12.2. The maximum absolute atomic E-state index is 5.90. The highest BCUT2D eigenvalue weighted by atomic mass is 16.5. The average molecular weight is 284 g/mol. The van der Waals surface area contributed by atoms with Gasteiger partial charge in [-0.25, -0.2) is 4.98 Å². The lowest BCUT2D eigenvalue weighted by molar-refractivity contribution is 0.459. The fourth-order valence-corrected chi connectivity index (χ4v) is 2.34. The van der Waals surface area contributed by atoms with E-state index in [4.69, 9.17) is 4.74 Å². The number of hydrogen-bond acceptors (Lipinski definition) is 3. The summed E-state index contributed by atoms with van der Waals surface area (Å²) in [5.41, 5.74) is 3.58. The van der Waals surface area contributed by atoms with Crippen molar-refractivity contribution < 1.29 is 4.74 Å². The van der Waals surface area contributed by atoms with Crippen LogP contribution in [-0.4, -0.2) is 11.5 Å². The molecule has 112 valence electrons. The molecule has 0 radical (unpaired) electrons. The molecule has 0 fully saturated rings. The molecule has 2 aromatic rings. The van der Waals surface area contributed by atoms with Crippen LogP contribution in [0.5, 0.6) is 11.6 Å². The Kier molecular flexibility index (Phi) is 5.34. The predicted molar refractivity (Wildman–Crippen MR) is 86.9 cm³/mol. The van der Waals surface area contributed by atoms with E-state index in [0.29, 0.717) is 11.9 Å². The van der Waals surface area contributed by atoms with E-state index in [2.05, 4.69) is 44.1 Å². The average Bonchev–Trinajstić information content (AvgIpc) is 2.44. The molecule has 1 aromatic heterocycles. The van der Waals surface area contributed by atoms with Crippen molar-refractivity contribution in [1.29, 1.82) is 0 Å². The zero-order valence-electron chi connectivity index (χ0n) is 13.3. The number of aromatic nitrogens is 1. The van der Waals surface area contributed by atoms with Gasteiger partial charge in [0.05, 0.1) is 0 Å². The Morgan fingerprint density at radius 3 is 2.52 bits per heavy atom. The third kappa shape index (κ3) is 4.57. The fraction of sp³-hybridized carbons (Fsp3) is 0.389. The maximum atomic E-state index is 5.90. The van der Waals surface area contributed by atoms with E-state index < -0.39 is 0 Å². The maximum Gasteiger partial charge on any atom is 0.219 e. The van der Waals surface area contributed by atoms with Gasteiger partial charge in [0.2, 0.25) is 5.88 Å². The molecule has 0 aliphatic rings. The first-order valence-corrected chi connectivity index (χ1v) is 7.54. The summed E-state index contributed by atoms with van der Waals surface area (Å²) in [5, 5.41) is 3.47. The summed E-state index contributed by atoms with van der Waals surface area (Å²) in [5.74, 6) is 1.48. The van der Waals surface area contributed by atoms with E-state index in [1.807, 2.05) is 24.3 Å². The van der Waals surface area contributed by atoms with E-state index in [9.17, 15) is 0 Å². The molecule has 1 aromatic carbocycles. The highest BCUT2D eigenvalue weighted by molar-refractivity contribution is 5.36. The molecule has 0 saturated carbocycles. The summed E-state index contributed by atoms with van der Waals surface area (Å²) < 4.78 is 5.90. The van der Waals surface area contributed by atoms with E-state index in [1.165, 1.54) is 16.7 Å². The van der Waals surface area contributed by atoms with E-state index in [-0.39, 0.29) is 0 Å². The Labute approximate surface area is 127 Å². The van der Waals surface area contributed by atoms with Gasteiger partial charge in [0.25, 0.3) is 0 Å². The van der Waals surface area contributed by atoms with Crippen LogP contribution in [0.1, 0.15) is 43.0 Å². The SMILES string of the molecule is CCCNC(C)c1ccnc(Oc2cc(C)cc(C)c2)c1. The van der Waals surface area contributed by atoms with Gasteiger partial charge in [-0.05, 0) is 68.6 Å². The first kappa shape index (κ1) is 15.5. The van der Waals surface area contributed by atoms with Gasteiger partial charge >= 0.3 is 0 Å². The number of pyridine rings is 1. The van der Waals surface area contributed by atoms with Crippen molar-refractivity contribution in [2.45, 2.75) is 40.2 Å². The van der Waals surface area contributed by atoms with Crippen LogP contribution < -0.4 is 10.1 Å². The van der Waals surface area contributed by atoms with E-state index in [0.717, 1.165) is 18.7 Å². The van der Waals surface area contributed by atoms with Crippen molar-refractivity contribution in [2.24, 2.45) is 0 Å². The van der Waals surface area contributed by atoms with E-state index >= 15 is 0 Å². The van der Waals surface area contributed by atoms with Crippen molar-refractivity contribution in [3.63, 3.8) is 0 Å². The predicted octanol–water partition coefficient (Wildman–Crippen LogP) is 4.55. The molecule has 3 nitrogen and oxygen atoms in total. The lowest BCUT2D eigenvalue weighted by Crippen LogP contribution is -2.19. The van der Waals surface area contributed by atoms with Crippen LogP contribution in [0.25, 0.3) is 0 Å². The van der Waals surface area contributed by atoms with Crippen molar-refractivity contribution in [3.05, 3.63) is 53.2 Å². The van der Waals surface area contributed by atoms with Gasteiger partial charge in [-0.15, -0.1) is 0 Å². The summed E-state index contributed by atoms with van der Waals surface area (Å²) >= 11 is 0. The number of hydrogen-bond donors (Lipinski definition) is 1. The number of nitrogens with zero attached hydrogens (tertiary/aromatic N) is 1. The minimum atomic E-state index is 0.301. The molecule has 21 heavy (non-hydrogen) atoms. The molecule has 1 heterocycles. The second-order valence-electron chi connectivity index (χ2n) is 5.53. The monoisotopic (exact) mass is 284 g/mol. The first-order valence-electron chi connectivity index (χ1n) is 7.54. The number of aryl methyl sites for hydroxylation is 2. The largest absolute Gasteiger partial charge is 0.439 e. The fourth-order valence-electron chi connectivity index (χ4n) is 2.34. The molecule has 1 unspecified atom stereocenters. The van der Waals surface area contributed by atoms with Crippen LogP contribution in [0.2, 0.25) is 0 Å². The van der Waals surface area contributed by atoms with Crippen LogP contribution in [0, 0.1) is 13.8 Å². The molecule has 0 aliphatic carbocycles. The van der Waals surface area contributed by atoms with Crippen molar-refractivity contribution in [3.8, 4) is 11.6 Å². The third-order valence-electron chi connectivity index (χ3n) is 3.38. The second-order valence-corrected chi connectivity index (χ2v) is 5.53. The van der Waals surface area contributed by atoms with Gasteiger partial charge < -0.3 is 10.1 Å². The molecular weight excluding hydrogens is 260 g/mol. The van der Waals surface area contributed by atoms with Crippen molar-refractivity contribution >= 4 is 0 Å². The zero-order valence-corrected chi connectivity index (χ0v) is 13.3. The quantitative estimate of drug-likeness (QED) is 0.845. The van der Waals surface area contributed by atoms with Crippen molar-refractivity contribution in [1.82, 2.24) is 10.3 Å². The van der Waals surface area contributed by atoms with E-state index in [1.54, 1.807) is 6.20 Å². The summed E-state index contributed by atoms with van der Waals surface area (Å²) in [6.07, 6.45) is 2.93. The van der Waals surface area contributed by atoms with Crippen LogP contribution in [0.15, 0.2) is 36.5 Å². The minimum Gasteiger partial charge on any atom is -0.439 e. The first-order chi connectivity index (χ1) is 10.1. The summed E-state index contributed by atoms with van der Waals surface area (Å²) in [6.45, 7) is 9.48. The molecule has 0 saturated heterocycles. The molecule has 1 N–H and O–H groups in total. The molecule has 0 aliphatic heterocycles. The number of benzene rings is 1. The Hall–Kier alpha value is -1.87. The Morgan fingerprint density at radius 2 is 1.86 bits per heavy atom. The Balaban J connectivity index is 2.13. The summed E-state index contributed by atoms with van der Waals surface area (Å²) in [7, 11) is 0. The lowest BCUT2D eigenvalue weighted by atomic mass is 10.1. The van der Waals surface area contributed by atoms with Crippen LogP contribution in [-0.2, 0) is 0 Å². The van der Waals surface area contributed by atoms with Crippen LogP contribution in [0.3, 0.4) is 0 Å². The van der Waals surface area contributed by atoms with Crippen LogP contribution >= 0.6 is 0 Å². The smallest absolute Gasteiger partial charge is 0.219 e. The van der Waals surface area contributed by atoms with Gasteiger partial charge in [-0.2, -0.15) is 0 Å². The van der Waals surface area contributed by atoms with Gasteiger partial charge in [0.15, 0.2) is 0 Å². The summed E-state index contributed by atoms with van der Waals surface area (Å²) in [6, 6.07) is 10.5. The number of rotatable bonds is 6. The molecule has 0 bridgehead atoms. The zero-order chi connectivity index (χ0) is 15.2.